The number of rotatable bonds is 4. The molecule has 0 aliphatic rings. The van der Waals surface area contributed by atoms with Crippen molar-refractivity contribution in [2.75, 3.05) is 6.54 Å². The standard InChI is InChI=1S/C8H19NO/c1-4-8(3,5-2)7(10)6-9/h7,10H,4-6,9H2,1-3H3. The Labute approximate surface area is 63.4 Å². The highest BCUT2D eigenvalue weighted by atomic mass is 16.3. The van der Waals surface area contributed by atoms with Crippen LogP contribution in [0.1, 0.15) is 33.6 Å². The highest BCUT2D eigenvalue weighted by molar-refractivity contribution is 4.79. The van der Waals surface area contributed by atoms with Crippen LogP contribution in [0.25, 0.3) is 0 Å². The van der Waals surface area contributed by atoms with Crippen LogP contribution in [0.15, 0.2) is 0 Å². The maximum atomic E-state index is 9.45. The number of aliphatic hydroxyl groups is 1. The summed E-state index contributed by atoms with van der Waals surface area (Å²) in [4.78, 5) is 0. The summed E-state index contributed by atoms with van der Waals surface area (Å²) >= 11 is 0. The maximum Gasteiger partial charge on any atom is 0.0715 e. The number of aliphatic hydroxyl groups excluding tert-OH is 1. The van der Waals surface area contributed by atoms with Gasteiger partial charge in [0.2, 0.25) is 0 Å². The second-order valence-corrected chi connectivity index (χ2v) is 3.11. The molecule has 0 heterocycles. The number of hydrogen-bond acceptors (Lipinski definition) is 2. The summed E-state index contributed by atoms with van der Waals surface area (Å²) in [6.45, 7) is 6.62. The van der Waals surface area contributed by atoms with Crippen molar-refractivity contribution in [1.29, 1.82) is 0 Å². The van der Waals surface area contributed by atoms with Crippen LogP contribution in [-0.4, -0.2) is 17.8 Å². The number of nitrogens with two attached hydrogens (primary N) is 1. The first-order valence-corrected chi connectivity index (χ1v) is 3.98. The molecule has 0 aromatic heterocycles. The fourth-order valence-electron chi connectivity index (χ4n) is 1.01. The average Bonchev–Trinajstić information content (AvgIpc) is 2.01. The van der Waals surface area contributed by atoms with Gasteiger partial charge in [-0.15, -0.1) is 0 Å². The van der Waals surface area contributed by atoms with E-state index in [0.717, 1.165) is 12.8 Å². The third-order valence-electron chi connectivity index (χ3n) is 2.64. The van der Waals surface area contributed by atoms with Crippen LogP contribution in [0.2, 0.25) is 0 Å². The molecule has 0 fully saturated rings. The van der Waals surface area contributed by atoms with Crippen molar-refractivity contribution < 1.29 is 5.11 Å². The van der Waals surface area contributed by atoms with Gasteiger partial charge < -0.3 is 10.8 Å². The molecule has 3 N–H and O–H groups in total. The molecule has 10 heavy (non-hydrogen) atoms. The molecule has 1 atom stereocenters. The van der Waals surface area contributed by atoms with Gasteiger partial charge in [-0.3, -0.25) is 0 Å². The molecule has 0 bridgehead atoms. The molecule has 0 amide bonds. The fourth-order valence-corrected chi connectivity index (χ4v) is 1.01. The van der Waals surface area contributed by atoms with Gasteiger partial charge in [0.05, 0.1) is 6.10 Å². The third-order valence-corrected chi connectivity index (χ3v) is 2.64. The van der Waals surface area contributed by atoms with E-state index in [0.29, 0.717) is 6.54 Å². The Hall–Kier alpha value is -0.0800. The molecular weight excluding hydrogens is 126 g/mol. The van der Waals surface area contributed by atoms with Gasteiger partial charge in [-0.25, -0.2) is 0 Å². The molecule has 2 nitrogen and oxygen atoms in total. The van der Waals surface area contributed by atoms with Crippen molar-refractivity contribution in [1.82, 2.24) is 0 Å². The normalized spacial score (nSPS) is 15.3. The van der Waals surface area contributed by atoms with Gasteiger partial charge in [-0.2, -0.15) is 0 Å². The van der Waals surface area contributed by atoms with Crippen molar-refractivity contribution in [3.8, 4) is 0 Å². The molecule has 62 valence electrons. The van der Waals surface area contributed by atoms with Crippen LogP contribution < -0.4 is 5.73 Å². The van der Waals surface area contributed by atoms with E-state index in [9.17, 15) is 5.11 Å². The lowest BCUT2D eigenvalue weighted by molar-refractivity contribution is 0.0383. The molecule has 1 unspecified atom stereocenters. The minimum atomic E-state index is -0.345. The molecule has 0 rings (SSSR count). The maximum absolute atomic E-state index is 9.45. The average molecular weight is 145 g/mol. The summed E-state index contributed by atoms with van der Waals surface area (Å²) in [7, 11) is 0. The Kier molecular flexibility index (Phi) is 3.91. The fraction of sp³-hybridized carbons (Fsp3) is 1.00. The van der Waals surface area contributed by atoms with Gasteiger partial charge in [0.1, 0.15) is 0 Å². The summed E-state index contributed by atoms with van der Waals surface area (Å²) in [5.74, 6) is 0. The largest absolute Gasteiger partial charge is 0.391 e. The van der Waals surface area contributed by atoms with Crippen molar-refractivity contribution in [2.24, 2.45) is 11.1 Å². The van der Waals surface area contributed by atoms with E-state index in [1.807, 2.05) is 0 Å². The summed E-state index contributed by atoms with van der Waals surface area (Å²) < 4.78 is 0. The van der Waals surface area contributed by atoms with Crippen molar-refractivity contribution in [3.05, 3.63) is 0 Å². The molecule has 0 aliphatic heterocycles. The molecule has 0 aromatic carbocycles. The molecule has 2 heteroatoms. The monoisotopic (exact) mass is 145 g/mol. The van der Waals surface area contributed by atoms with E-state index < -0.39 is 0 Å². The van der Waals surface area contributed by atoms with Crippen LogP contribution in [0.5, 0.6) is 0 Å². The highest BCUT2D eigenvalue weighted by Crippen LogP contribution is 2.28. The van der Waals surface area contributed by atoms with Crippen LogP contribution >= 0.6 is 0 Å². The van der Waals surface area contributed by atoms with Crippen LogP contribution in [0, 0.1) is 5.41 Å². The summed E-state index contributed by atoms with van der Waals surface area (Å²) in [5, 5.41) is 9.45. The minimum absolute atomic E-state index is 0.0226. The predicted molar refractivity (Wildman–Crippen MR) is 43.8 cm³/mol. The molecular formula is C8H19NO. The van der Waals surface area contributed by atoms with E-state index in [1.54, 1.807) is 0 Å². The zero-order valence-corrected chi connectivity index (χ0v) is 7.22. The van der Waals surface area contributed by atoms with Gasteiger partial charge >= 0.3 is 0 Å². The van der Waals surface area contributed by atoms with E-state index in [-0.39, 0.29) is 11.5 Å². The van der Waals surface area contributed by atoms with Gasteiger partial charge in [-0.05, 0) is 18.3 Å². The van der Waals surface area contributed by atoms with Gasteiger partial charge in [0, 0.05) is 6.54 Å². The van der Waals surface area contributed by atoms with Gasteiger partial charge in [-0.1, -0.05) is 20.8 Å². The predicted octanol–water partition coefficient (Wildman–Crippen LogP) is 1.13. The molecule has 0 aliphatic carbocycles. The Morgan fingerprint density at radius 2 is 1.80 bits per heavy atom. The highest BCUT2D eigenvalue weighted by Gasteiger charge is 2.27. The Bertz CT molecular complexity index is 89.3. The quantitative estimate of drug-likeness (QED) is 0.623. The van der Waals surface area contributed by atoms with Crippen LogP contribution in [0.3, 0.4) is 0 Å². The second-order valence-electron chi connectivity index (χ2n) is 3.11. The lowest BCUT2D eigenvalue weighted by atomic mass is 9.79. The van der Waals surface area contributed by atoms with Crippen molar-refractivity contribution in [2.45, 2.75) is 39.7 Å². The van der Waals surface area contributed by atoms with Crippen molar-refractivity contribution >= 4 is 0 Å². The Balaban J connectivity index is 4.02. The third kappa shape index (κ3) is 1.96. The van der Waals surface area contributed by atoms with Crippen LogP contribution in [0.4, 0.5) is 0 Å². The smallest absolute Gasteiger partial charge is 0.0715 e. The first-order chi connectivity index (χ1) is 4.60. The summed E-state index contributed by atoms with van der Waals surface area (Å²) in [5.41, 5.74) is 5.38. The Morgan fingerprint density at radius 1 is 1.40 bits per heavy atom. The van der Waals surface area contributed by atoms with Crippen LogP contribution in [-0.2, 0) is 0 Å². The summed E-state index contributed by atoms with van der Waals surface area (Å²) in [6.07, 6.45) is 1.63. The van der Waals surface area contributed by atoms with E-state index in [4.69, 9.17) is 5.73 Å². The zero-order valence-electron chi connectivity index (χ0n) is 7.22. The van der Waals surface area contributed by atoms with E-state index in [2.05, 4.69) is 20.8 Å². The van der Waals surface area contributed by atoms with Gasteiger partial charge in [0.25, 0.3) is 0 Å². The SMILES string of the molecule is CCC(C)(CC)C(O)CN. The lowest BCUT2D eigenvalue weighted by Crippen LogP contribution is -2.37. The lowest BCUT2D eigenvalue weighted by Gasteiger charge is -2.31. The zero-order chi connectivity index (χ0) is 8.20. The summed E-state index contributed by atoms with van der Waals surface area (Å²) in [6, 6.07) is 0. The molecule has 0 saturated carbocycles. The molecule has 0 spiro atoms. The first kappa shape index (κ1) is 9.92. The topological polar surface area (TPSA) is 46.2 Å². The molecule has 0 aromatic rings. The first-order valence-electron chi connectivity index (χ1n) is 3.98. The minimum Gasteiger partial charge on any atom is -0.391 e. The molecule has 0 saturated heterocycles. The molecule has 0 radical (unpaired) electrons. The van der Waals surface area contributed by atoms with E-state index >= 15 is 0 Å². The second kappa shape index (κ2) is 3.94. The van der Waals surface area contributed by atoms with Gasteiger partial charge in [0.15, 0.2) is 0 Å². The number of hydrogen-bond donors (Lipinski definition) is 2. The Morgan fingerprint density at radius 3 is 1.90 bits per heavy atom. The van der Waals surface area contributed by atoms with Crippen molar-refractivity contribution in [3.63, 3.8) is 0 Å². The van der Waals surface area contributed by atoms with E-state index in [1.165, 1.54) is 0 Å².